The first kappa shape index (κ1) is 17.7. The molecule has 7 atom stereocenters. The van der Waals surface area contributed by atoms with Crippen LogP contribution >= 0.6 is 0 Å². The van der Waals surface area contributed by atoms with Gasteiger partial charge in [-0.15, -0.1) is 0 Å². The van der Waals surface area contributed by atoms with Crippen molar-refractivity contribution in [1.29, 1.82) is 0 Å². The lowest BCUT2D eigenvalue weighted by molar-refractivity contribution is -0.826. The van der Waals surface area contributed by atoms with E-state index >= 15 is 0 Å². The number of hydrogen-bond donors (Lipinski definition) is 3. The largest absolute Gasteiger partial charge is 0.545 e. The van der Waals surface area contributed by atoms with Crippen LogP contribution in [-0.4, -0.2) is 43.3 Å². The fraction of sp³-hybridized carbons (Fsp3) is 0.810. The van der Waals surface area contributed by atoms with Gasteiger partial charge in [0.15, 0.2) is 0 Å². The maximum absolute atomic E-state index is 12.0. The fourth-order valence-electron chi connectivity index (χ4n) is 8.61. The molecule has 5 aliphatic rings. The number of carboxylic acid groups (broad SMARTS) is 1. The fourth-order valence-corrected chi connectivity index (χ4v) is 8.61. The summed E-state index contributed by atoms with van der Waals surface area (Å²) in [5.74, 6) is 0.576. The SMILES string of the molecule is CN=C(N)[NH+]1CCC[C@@]2(C1)[C@@H]1CC[C@H]3CCC[C@H]4[C@@H](O)C(C(=O)[O-])=C(C1)[C@@]342. The van der Waals surface area contributed by atoms with E-state index in [0.29, 0.717) is 17.8 Å². The van der Waals surface area contributed by atoms with Crippen molar-refractivity contribution >= 4 is 11.9 Å². The Morgan fingerprint density at radius 2 is 2.04 bits per heavy atom. The Labute approximate surface area is 160 Å². The van der Waals surface area contributed by atoms with Gasteiger partial charge in [-0.05, 0) is 62.7 Å². The summed E-state index contributed by atoms with van der Waals surface area (Å²) < 4.78 is 0. The standard InChI is InChI=1S/C21H31N3O3/c1-23-19(22)24-9-3-8-20(11-24)13-7-6-12-4-2-5-14-17(25)16(18(26)27)15(10-13)21(12,14)20/h12-14,17,25H,2-11H2,1H3,(H2,22,23)(H,26,27)/t12-,13-,14+,17-,20-,21-/m1/s1. The summed E-state index contributed by atoms with van der Waals surface area (Å²) in [5, 5.41) is 23.1. The van der Waals surface area contributed by atoms with Gasteiger partial charge in [0.05, 0.1) is 25.2 Å². The molecule has 5 rings (SSSR count). The first-order valence-corrected chi connectivity index (χ1v) is 10.7. The van der Waals surface area contributed by atoms with Crippen LogP contribution in [0.15, 0.2) is 16.1 Å². The molecule has 2 spiro atoms. The van der Waals surface area contributed by atoms with Crippen LogP contribution in [0.4, 0.5) is 0 Å². The summed E-state index contributed by atoms with van der Waals surface area (Å²) in [7, 11) is 1.75. The Bertz CT molecular complexity index is 747. The van der Waals surface area contributed by atoms with Crippen LogP contribution in [0.25, 0.3) is 0 Å². The zero-order valence-corrected chi connectivity index (χ0v) is 16.2. The van der Waals surface area contributed by atoms with E-state index in [-0.39, 0.29) is 22.3 Å². The molecule has 2 bridgehead atoms. The topological polar surface area (TPSA) is 103 Å². The van der Waals surface area contributed by atoms with Crippen molar-refractivity contribution in [1.82, 2.24) is 0 Å². The van der Waals surface area contributed by atoms with Gasteiger partial charge in [0.2, 0.25) is 0 Å². The van der Waals surface area contributed by atoms with E-state index in [1.807, 2.05) is 0 Å². The molecule has 1 heterocycles. The van der Waals surface area contributed by atoms with Crippen molar-refractivity contribution in [2.24, 2.45) is 39.3 Å². The number of allylic oxidation sites excluding steroid dienone is 1. The number of quaternary nitrogens is 1. The summed E-state index contributed by atoms with van der Waals surface area (Å²) in [4.78, 5) is 17.6. The smallest absolute Gasteiger partial charge is 0.293 e. The first-order chi connectivity index (χ1) is 13.0. The first-order valence-electron chi connectivity index (χ1n) is 10.7. The van der Waals surface area contributed by atoms with Crippen molar-refractivity contribution in [2.45, 2.75) is 57.5 Å². The molecule has 0 amide bonds. The Balaban J connectivity index is 1.71. The van der Waals surface area contributed by atoms with Crippen LogP contribution in [0.2, 0.25) is 0 Å². The Morgan fingerprint density at radius 1 is 1.26 bits per heavy atom. The van der Waals surface area contributed by atoms with Crippen molar-refractivity contribution in [3.63, 3.8) is 0 Å². The van der Waals surface area contributed by atoms with E-state index < -0.39 is 12.1 Å². The summed E-state index contributed by atoms with van der Waals surface area (Å²) in [6.45, 7) is 1.93. The number of carbonyl (C=O) groups is 1. The molecule has 4 N–H and O–H groups in total. The second-order valence-electron chi connectivity index (χ2n) is 9.61. The molecular weight excluding hydrogens is 342 g/mol. The molecule has 27 heavy (non-hydrogen) atoms. The highest BCUT2D eigenvalue weighted by Gasteiger charge is 2.75. The highest BCUT2D eigenvalue weighted by Crippen LogP contribution is 2.78. The zero-order chi connectivity index (χ0) is 19.0. The lowest BCUT2D eigenvalue weighted by Crippen LogP contribution is -3.18. The number of carbonyl (C=O) groups excluding carboxylic acids is 1. The molecule has 6 nitrogen and oxygen atoms in total. The van der Waals surface area contributed by atoms with Crippen molar-refractivity contribution < 1.29 is 19.9 Å². The maximum Gasteiger partial charge on any atom is 0.293 e. The van der Waals surface area contributed by atoms with Gasteiger partial charge in [0.1, 0.15) is 0 Å². The van der Waals surface area contributed by atoms with E-state index in [4.69, 9.17) is 5.73 Å². The number of likely N-dealkylation sites (tertiary alicyclic amines) is 1. The van der Waals surface area contributed by atoms with E-state index in [0.717, 1.165) is 57.2 Å². The molecule has 1 aliphatic heterocycles. The number of piperidine rings is 1. The van der Waals surface area contributed by atoms with Gasteiger partial charge < -0.3 is 20.7 Å². The van der Waals surface area contributed by atoms with E-state index in [9.17, 15) is 15.0 Å². The molecule has 6 heteroatoms. The number of carboxylic acids is 1. The predicted octanol–water partition coefficient (Wildman–Crippen LogP) is -0.767. The number of hydrogen-bond acceptors (Lipinski definition) is 4. The average Bonchev–Trinajstić information content (AvgIpc) is 2.97. The molecule has 4 fully saturated rings. The van der Waals surface area contributed by atoms with Gasteiger partial charge in [0, 0.05) is 23.5 Å². The minimum absolute atomic E-state index is 0.0450. The molecule has 0 radical (unpaired) electrons. The van der Waals surface area contributed by atoms with Crippen LogP contribution in [0.1, 0.15) is 51.4 Å². The van der Waals surface area contributed by atoms with Gasteiger partial charge in [0.25, 0.3) is 5.96 Å². The number of guanidine groups is 1. The van der Waals surface area contributed by atoms with Crippen molar-refractivity contribution in [3.05, 3.63) is 11.1 Å². The van der Waals surface area contributed by atoms with Gasteiger partial charge in [-0.2, -0.15) is 0 Å². The van der Waals surface area contributed by atoms with Crippen molar-refractivity contribution in [2.75, 3.05) is 20.1 Å². The Hall–Kier alpha value is -1.40. The molecule has 1 unspecified atom stereocenters. The number of aliphatic carboxylic acids is 1. The molecule has 0 aromatic heterocycles. The van der Waals surface area contributed by atoms with E-state index in [1.165, 1.54) is 17.7 Å². The molecule has 0 aromatic rings. The highest BCUT2D eigenvalue weighted by molar-refractivity contribution is 5.89. The van der Waals surface area contributed by atoms with Crippen LogP contribution < -0.4 is 15.7 Å². The van der Waals surface area contributed by atoms with Crippen LogP contribution in [-0.2, 0) is 4.79 Å². The summed E-state index contributed by atoms with van der Waals surface area (Å²) >= 11 is 0. The third kappa shape index (κ3) is 1.93. The minimum atomic E-state index is -1.14. The predicted molar refractivity (Wildman–Crippen MR) is 98.6 cm³/mol. The van der Waals surface area contributed by atoms with Crippen LogP contribution in [0, 0.1) is 28.6 Å². The number of aliphatic imine (C=N–C) groups is 1. The molecule has 148 valence electrons. The number of nitrogens with zero attached hydrogens (tertiary/aromatic N) is 1. The van der Waals surface area contributed by atoms with E-state index in [1.54, 1.807) is 7.05 Å². The zero-order valence-electron chi connectivity index (χ0n) is 16.2. The molecule has 3 saturated carbocycles. The number of nitrogens with two attached hydrogens (primary N) is 1. The lowest BCUT2D eigenvalue weighted by atomic mass is 9.43. The van der Waals surface area contributed by atoms with Crippen LogP contribution in [0.5, 0.6) is 0 Å². The number of rotatable bonds is 1. The molecule has 1 saturated heterocycles. The Kier molecular flexibility index (Phi) is 3.80. The average molecular weight is 373 g/mol. The third-order valence-electron chi connectivity index (χ3n) is 9.17. The summed E-state index contributed by atoms with van der Waals surface area (Å²) in [6, 6.07) is 0. The summed E-state index contributed by atoms with van der Waals surface area (Å²) in [5.41, 5.74) is 7.47. The number of aliphatic hydroxyl groups excluding tert-OH is 1. The lowest BCUT2D eigenvalue weighted by Gasteiger charge is -2.61. The maximum atomic E-state index is 12.0. The Morgan fingerprint density at radius 3 is 2.78 bits per heavy atom. The number of nitrogens with one attached hydrogen (secondary N) is 1. The van der Waals surface area contributed by atoms with E-state index in [2.05, 4.69) is 4.99 Å². The van der Waals surface area contributed by atoms with Gasteiger partial charge in [-0.25, -0.2) is 4.99 Å². The number of aliphatic hydroxyl groups is 1. The normalized spacial score (nSPS) is 48.8. The molecular formula is C21H31N3O3. The minimum Gasteiger partial charge on any atom is -0.545 e. The quantitative estimate of drug-likeness (QED) is 0.415. The summed E-state index contributed by atoms with van der Waals surface area (Å²) in [6.07, 6.45) is 7.73. The van der Waals surface area contributed by atoms with Crippen molar-refractivity contribution in [3.8, 4) is 0 Å². The molecule has 4 aliphatic carbocycles. The second kappa shape index (κ2) is 5.80. The van der Waals surface area contributed by atoms with Gasteiger partial charge in [-0.3, -0.25) is 4.90 Å². The van der Waals surface area contributed by atoms with Gasteiger partial charge >= 0.3 is 0 Å². The highest BCUT2D eigenvalue weighted by atomic mass is 16.4. The monoisotopic (exact) mass is 373 g/mol. The van der Waals surface area contributed by atoms with Crippen LogP contribution in [0.3, 0.4) is 0 Å². The molecule has 0 aromatic carbocycles. The second-order valence-corrected chi connectivity index (χ2v) is 9.61. The van der Waals surface area contributed by atoms with Gasteiger partial charge in [-0.1, -0.05) is 12.0 Å². The third-order valence-corrected chi connectivity index (χ3v) is 9.17.